The highest BCUT2D eigenvalue weighted by Crippen LogP contribution is 2.42. The third-order valence-corrected chi connectivity index (χ3v) is 7.20. The number of ether oxygens (including phenoxy) is 3. The molecular weight excluding hydrogens is 352 g/mol. The average molecular weight is 389 g/mol. The molecule has 0 radical (unpaired) electrons. The highest BCUT2D eigenvalue weighted by Gasteiger charge is 2.43. The van der Waals surface area contributed by atoms with Gasteiger partial charge in [0.25, 0.3) is 0 Å². The molecule has 28 heavy (non-hydrogen) atoms. The number of hydrogen-bond donors (Lipinski definition) is 0. The van der Waals surface area contributed by atoms with E-state index in [4.69, 9.17) is 14.2 Å². The first kappa shape index (κ1) is 19.8. The van der Waals surface area contributed by atoms with Crippen molar-refractivity contribution in [2.45, 2.75) is 63.6 Å². The predicted octanol–water partition coefficient (Wildman–Crippen LogP) is 3.94. The van der Waals surface area contributed by atoms with Crippen LogP contribution in [-0.4, -0.2) is 62.8 Å². The summed E-state index contributed by atoms with van der Waals surface area (Å²) in [5, 5.41) is 0. The Bertz CT molecular complexity index is 659. The second-order valence-electron chi connectivity index (χ2n) is 8.60. The molecule has 1 aromatic carbocycles. The van der Waals surface area contributed by atoms with E-state index in [2.05, 4.69) is 15.9 Å². The number of benzene rings is 1. The van der Waals surface area contributed by atoms with Crippen molar-refractivity contribution in [3.63, 3.8) is 0 Å². The van der Waals surface area contributed by atoms with Crippen LogP contribution in [0.2, 0.25) is 0 Å². The van der Waals surface area contributed by atoms with Crippen LogP contribution in [0.5, 0.6) is 17.2 Å². The van der Waals surface area contributed by atoms with Gasteiger partial charge in [-0.05, 0) is 44.2 Å². The van der Waals surface area contributed by atoms with E-state index >= 15 is 0 Å². The molecule has 2 heterocycles. The molecular formula is C23H36N2O3. The van der Waals surface area contributed by atoms with E-state index in [1.807, 2.05) is 6.07 Å². The maximum Gasteiger partial charge on any atom is 0.203 e. The molecule has 2 saturated heterocycles. The van der Waals surface area contributed by atoms with Gasteiger partial charge in [-0.2, -0.15) is 0 Å². The molecule has 2 atom stereocenters. The summed E-state index contributed by atoms with van der Waals surface area (Å²) >= 11 is 0. The summed E-state index contributed by atoms with van der Waals surface area (Å²) in [6.07, 6.45) is 9.75. The Morgan fingerprint density at radius 1 is 0.821 bits per heavy atom. The smallest absolute Gasteiger partial charge is 0.203 e. The number of rotatable bonds is 6. The van der Waals surface area contributed by atoms with Crippen molar-refractivity contribution < 1.29 is 14.2 Å². The molecule has 4 rings (SSSR count). The average Bonchev–Trinajstić information content (AvgIpc) is 3.22. The van der Waals surface area contributed by atoms with Crippen molar-refractivity contribution in [1.29, 1.82) is 0 Å². The van der Waals surface area contributed by atoms with Crippen molar-refractivity contribution in [3.8, 4) is 17.2 Å². The van der Waals surface area contributed by atoms with Gasteiger partial charge in [0.05, 0.1) is 21.3 Å². The van der Waals surface area contributed by atoms with Gasteiger partial charge in [-0.3, -0.25) is 9.80 Å². The molecule has 156 valence electrons. The van der Waals surface area contributed by atoms with Gasteiger partial charge in [-0.25, -0.2) is 0 Å². The normalized spacial score (nSPS) is 26.8. The SMILES string of the molecule is COc1ccc(CN2CCN3CCCC3C2C2CCCCC2)c(OC)c1OC. The summed E-state index contributed by atoms with van der Waals surface area (Å²) < 4.78 is 16.9. The van der Waals surface area contributed by atoms with Crippen LogP contribution in [0.25, 0.3) is 0 Å². The second kappa shape index (κ2) is 8.91. The number of hydrogen-bond acceptors (Lipinski definition) is 5. The van der Waals surface area contributed by atoms with Gasteiger partial charge in [-0.15, -0.1) is 0 Å². The van der Waals surface area contributed by atoms with E-state index in [1.165, 1.54) is 63.6 Å². The molecule has 3 fully saturated rings. The number of nitrogens with zero attached hydrogens (tertiary/aromatic N) is 2. The van der Waals surface area contributed by atoms with Crippen LogP contribution in [0, 0.1) is 5.92 Å². The monoisotopic (exact) mass is 388 g/mol. The van der Waals surface area contributed by atoms with Crippen LogP contribution in [0.3, 0.4) is 0 Å². The van der Waals surface area contributed by atoms with Crippen molar-refractivity contribution >= 4 is 0 Å². The molecule has 5 heteroatoms. The third-order valence-electron chi connectivity index (χ3n) is 7.20. The molecule has 1 aliphatic carbocycles. The highest BCUT2D eigenvalue weighted by atomic mass is 16.5. The first-order valence-electron chi connectivity index (χ1n) is 11.0. The van der Waals surface area contributed by atoms with Crippen LogP contribution in [-0.2, 0) is 6.54 Å². The van der Waals surface area contributed by atoms with E-state index in [1.54, 1.807) is 21.3 Å². The Morgan fingerprint density at radius 2 is 1.61 bits per heavy atom. The summed E-state index contributed by atoms with van der Waals surface area (Å²) in [7, 11) is 5.09. The Kier molecular flexibility index (Phi) is 6.32. The molecule has 2 aliphatic heterocycles. The van der Waals surface area contributed by atoms with E-state index in [0.717, 1.165) is 36.5 Å². The topological polar surface area (TPSA) is 34.2 Å². The molecule has 0 bridgehead atoms. The lowest BCUT2D eigenvalue weighted by atomic mass is 9.78. The van der Waals surface area contributed by atoms with E-state index in [0.29, 0.717) is 11.8 Å². The standard InChI is InChI=1S/C23H36N2O3/c1-26-20-12-11-18(22(27-2)23(20)28-3)16-25-15-14-24-13-7-10-19(24)21(25)17-8-5-4-6-9-17/h11-12,17,19,21H,4-10,13-16H2,1-3H3. The Morgan fingerprint density at radius 3 is 2.32 bits per heavy atom. The van der Waals surface area contributed by atoms with E-state index < -0.39 is 0 Å². The van der Waals surface area contributed by atoms with Gasteiger partial charge >= 0.3 is 0 Å². The summed E-state index contributed by atoms with van der Waals surface area (Å²) in [5.74, 6) is 3.09. The lowest BCUT2D eigenvalue weighted by Crippen LogP contribution is -2.59. The number of fused-ring (bicyclic) bond motifs is 1. The summed E-state index contributed by atoms with van der Waals surface area (Å²) in [6.45, 7) is 4.56. The second-order valence-corrected chi connectivity index (χ2v) is 8.60. The van der Waals surface area contributed by atoms with Gasteiger partial charge in [0, 0.05) is 37.3 Å². The first-order valence-corrected chi connectivity index (χ1v) is 11.0. The van der Waals surface area contributed by atoms with Crippen LogP contribution < -0.4 is 14.2 Å². The molecule has 2 unspecified atom stereocenters. The van der Waals surface area contributed by atoms with Gasteiger partial charge in [0.1, 0.15) is 0 Å². The van der Waals surface area contributed by atoms with E-state index in [9.17, 15) is 0 Å². The third kappa shape index (κ3) is 3.71. The fourth-order valence-corrected chi connectivity index (χ4v) is 5.94. The molecule has 3 aliphatic rings. The van der Waals surface area contributed by atoms with Crippen LogP contribution in [0.1, 0.15) is 50.5 Å². The molecule has 0 amide bonds. The van der Waals surface area contributed by atoms with Gasteiger partial charge in [-0.1, -0.05) is 25.3 Å². The van der Waals surface area contributed by atoms with Crippen molar-refractivity contribution in [3.05, 3.63) is 17.7 Å². The molecule has 0 aromatic heterocycles. The van der Waals surface area contributed by atoms with Crippen LogP contribution >= 0.6 is 0 Å². The summed E-state index contributed by atoms with van der Waals surface area (Å²) in [6, 6.07) is 5.58. The molecule has 1 saturated carbocycles. The van der Waals surface area contributed by atoms with Crippen molar-refractivity contribution in [2.75, 3.05) is 41.0 Å². The first-order chi connectivity index (χ1) is 13.8. The minimum Gasteiger partial charge on any atom is -0.493 e. The number of piperazine rings is 1. The molecule has 1 aromatic rings. The van der Waals surface area contributed by atoms with Crippen molar-refractivity contribution in [1.82, 2.24) is 9.80 Å². The molecule has 0 N–H and O–H groups in total. The van der Waals surface area contributed by atoms with Crippen molar-refractivity contribution in [2.24, 2.45) is 5.92 Å². The summed E-state index contributed by atoms with van der Waals surface area (Å²) in [5.41, 5.74) is 1.20. The minimum absolute atomic E-state index is 0.675. The maximum atomic E-state index is 5.78. The van der Waals surface area contributed by atoms with Crippen LogP contribution in [0.4, 0.5) is 0 Å². The Hall–Kier alpha value is -1.46. The van der Waals surface area contributed by atoms with Crippen LogP contribution in [0.15, 0.2) is 12.1 Å². The predicted molar refractivity (Wildman–Crippen MR) is 111 cm³/mol. The highest BCUT2D eigenvalue weighted by molar-refractivity contribution is 5.55. The lowest BCUT2D eigenvalue weighted by Gasteiger charge is -2.49. The van der Waals surface area contributed by atoms with Gasteiger partial charge in [0.2, 0.25) is 5.75 Å². The summed E-state index contributed by atoms with van der Waals surface area (Å²) in [4.78, 5) is 5.52. The zero-order valence-electron chi connectivity index (χ0n) is 17.8. The maximum absolute atomic E-state index is 5.78. The number of methoxy groups -OCH3 is 3. The fourth-order valence-electron chi connectivity index (χ4n) is 5.94. The Labute approximate surface area is 169 Å². The zero-order valence-corrected chi connectivity index (χ0v) is 17.8. The minimum atomic E-state index is 0.675. The van der Waals surface area contributed by atoms with Gasteiger partial charge in [0.15, 0.2) is 11.5 Å². The van der Waals surface area contributed by atoms with E-state index in [-0.39, 0.29) is 0 Å². The lowest BCUT2D eigenvalue weighted by molar-refractivity contribution is -0.00417. The molecule has 5 nitrogen and oxygen atoms in total. The Balaban J connectivity index is 1.61. The molecule has 0 spiro atoms. The quantitative estimate of drug-likeness (QED) is 0.737. The zero-order chi connectivity index (χ0) is 19.5. The largest absolute Gasteiger partial charge is 0.493 e. The fraction of sp³-hybridized carbons (Fsp3) is 0.739. The van der Waals surface area contributed by atoms with Gasteiger partial charge < -0.3 is 14.2 Å².